The number of aromatic nitrogens is 1. The second-order valence-electron chi connectivity index (χ2n) is 5.27. The van der Waals surface area contributed by atoms with Gasteiger partial charge >= 0.3 is 0 Å². The number of hydrogen-bond acceptors (Lipinski definition) is 1. The third-order valence-corrected chi connectivity index (χ3v) is 4.54. The highest BCUT2D eigenvalue weighted by molar-refractivity contribution is 7.08. The van der Waals surface area contributed by atoms with Crippen LogP contribution in [0.1, 0.15) is 29.9 Å². The molecule has 1 nitrogen and oxygen atoms in total. The monoisotopic (exact) mass is 253 g/mol. The lowest BCUT2D eigenvalue weighted by Gasteiger charge is -2.03. The zero-order valence-corrected chi connectivity index (χ0v) is 11.2. The second-order valence-corrected chi connectivity index (χ2v) is 6.05. The number of fused-ring (bicyclic) bond motifs is 1. The summed E-state index contributed by atoms with van der Waals surface area (Å²) in [6.07, 6.45) is 2.73. The van der Waals surface area contributed by atoms with Crippen molar-refractivity contribution in [2.45, 2.75) is 25.7 Å². The number of H-pyrrole nitrogens is 1. The molecule has 0 unspecified atom stereocenters. The molecule has 1 fully saturated rings. The van der Waals surface area contributed by atoms with Crippen molar-refractivity contribution in [2.24, 2.45) is 0 Å². The third-order valence-electron chi connectivity index (χ3n) is 3.86. The van der Waals surface area contributed by atoms with Gasteiger partial charge in [-0.05, 0) is 66.5 Å². The van der Waals surface area contributed by atoms with Gasteiger partial charge < -0.3 is 4.98 Å². The van der Waals surface area contributed by atoms with E-state index < -0.39 is 0 Å². The minimum absolute atomic E-state index is 0.822. The highest BCUT2D eigenvalue weighted by Gasteiger charge is 2.25. The minimum atomic E-state index is 0.822. The van der Waals surface area contributed by atoms with Gasteiger partial charge in [0.05, 0.1) is 0 Å². The minimum Gasteiger partial charge on any atom is -0.354 e. The van der Waals surface area contributed by atoms with Crippen molar-refractivity contribution < 1.29 is 0 Å². The van der Waals surface area contributed by atoms with Gasteiger partial charge in [0.15, 0.2) is 0 Å². The van der Waals surface area contributed by atoms with Gasteiger partial charge in [-0.25, -0.2) is 0 Å². The molecule has 1 N–H and O–H groups in total. The van der Waals surface area contributed by atoms with Crippen molar-refractivity contribution in [1.82, 2.24) is 4.98 Å². The lowest BCUT2D eigenvalue weighted by molar-refractivity contribution is 1.10. The standard InChI is InChI=1S/C16H15NS/c1-10-6-13-7-15(12-4-5-18-9-12)17-16(13)8-14(10)11-2-3-11/h4-9,11,17H,2-3H2,1H3. The Bertz CT molecular complexity index is 702. The third kappa shape index (κ3) is 1.60. The van der Waals surface area contributed by atoms with Crippen LogP contribution < -0.4 is 0 Å². The van der Waals surface area contributed by atoms with Crippen LogP contribution in [0.4, 0.5) is 0 Å². The Labute approximate surface area is 110 Å². The van der Waals surface area contributed by atoms with Crippen LogP contribution in [0.5, 0.6) is 0 Å². The summed E-state index contributed by atoms with van der Waals surface area (Å²) in [5, 5.41) is 5.65. The molecule has 2 heteroatoms. The van der Waals surface area contributed by atoms with E-state index in [2.05, 4.69) is 46.9 Å². The van der Waals surface area contributed by atoms with Gasteiger partial charge in [0, 0.05) is 27.5 Å². The molecule has 3 aromatic rings. The summed E-state index contributed by atoms with van der Waals surface area (Å²) in [7, 11) is 0. The largest absolute Gasteiger partial charge is 0.354 e. The Morgan fingerprint density at radius 1 is 1.22 bits per heavy atom. The van der Waals surface area contributed by atoms with Crippen LogP contribution in [0.2, 0.25) is 0 Å². The van der Waals surface area contributed by atoms with Gasteiger partial charge in [0.2, 0.25) is 0 Å². The number of hydrogen-bond donors (Lipinski definition) is 1. The summed E-state index contributed by atoms with van der Waals surface area (Å²) in [6, 6.07) is 9.12. The Morgan fingerprint density at radius 3 is 2.83 bits per heavy atom. The fraction of sp³-hybridized carbons (Fsp3) is 0.250. The highest BCUT2D eigenvalue weighted by Crippen LogP contribution is 2.43. The first-order valence-electron chi connectivity index (χ1n) is 6.47. The molecule has 1 aromatic carbocycles. The van der Waals surface area contributed by atoms with E-state index in [4.69, 9.17) is 0 Å². The zero-order valence-electron chi connectivity index (χ0n) is 10.4. The molecule has 0 atom stereocenters. The summed E-state index contributed by atoms with van der Waals surface area (Å²) >= 11 is 1.75. The van der Waals surface area contributed by atoms with Crippen molar-refractivity contribution >= 4 is 22.2 Å². The smallest absolute Gasteiger partial charge is 0.0473 e. The number of thiophene rings is 1. The molecule has 0 amide bonds. The molecule has 2 aromatic heterocycles. The van der Waals surface area contributed by atoms with Gasteiger partial charge in [0.1, 0.15) is 0 Å². The summed E-state index contributed by atoms with van der Waals surface area (Å²) in [5.41, 5.74) is 6.80. The number of rotatable bonds is 2. The molecule has 0 spiro atoms. The summed E-state index contributed by atoms with van der Waals surface area (Å²) in [5.74, 6) is 0.822. The number of nitrogens with one attached hydrogen (secondary N) is 1. The first-order valence-corrected chi connectivity index (χ1v) is 7.41. The van der Waals surface area contributed by atoms with Crippen molar-refractivity contribution in [3.8, 4) is 11.3 Å². The van der Waals surface area contributed by atoms with Crippen molar-refractivity contribution in [3.05, 3.63) is 46.2 Å². The van der Waals surface area contributed by atoms with E-state index in [0.29, 0.717) is 0 Å². The van der Waals surface area contributed by atoms with E-state index in [1.807, 2.05) is 0 Å². The van der Waals surface area contributed by atoms with Gasteiger partial charge in [0.25, 0.3) is 0 Å². The summed E-state index contributed by atoms with van der Waals surface area (Å²) in [4.78, 5) is 3.55. The fourth-order valence-corrected chi connectivity index (χ4v) is 3.37. The van der Waals surface area contributed by atoms with Crippen LogP contribution in [0.25, 0.3) is 22.2 Å². The molecule has 0 aliphatic heterocycles. The average molecular weight is 253 g/mol. The molecule has 18 heavy (non-hydrogen) atoms. The lowest BCUT2D eigenvalue weighted by Crippen LogP contribution is -1.85. The van der Waals surface area contributed by atoms with E-state index in [-0.39, 0.29) is 0 Å². The Hall–Kier alpha value is -1.54. The quantitative estimate of drug-likeness (QED) is 0.655. The normalized spacial score (nSPS) is 15.4. The van der Waals surface area contributed by atoms with Crippen LogP contribution in [-0.4, -0.2) is 4.98 Å². The van der Waals surface area contributed by atoms with Crippen molar-refractivity contribution in [1.29, 1.82) is 0 Å². The van der Waals surface area contributed by atoms with E-state index in [0.717, 1.165) is 5.92 Å². The van der Waals surface area contributed by atoms with Crippen LogP contribution in [-0.2, 0) is 0 Å². The zero-order chi connectivity index (χ0) is 12.1. The Balaban J connectivity index is 1.89. The van der Waals surface area contributed by atoms with E-state index >= 15 is 0 Å². The molecule has 2 heterocycles. The van der Waals surface area contributed by atoms with E-state index in [9.17, 15) is 0 Å². The fourth-order valence-electron chi connectivity index (χ4n) is 2.72. The number of aromatic amines is 1. The average Bonchev–Trinajstić information content (AvgIpc) is 2.91. The molecule has 4 rings (SSSR count). The molecular weight excluding hydrogens is 238 g/mol. The topological polar surface area (TPSA) is 15.8 Å². The predicted octanol–water partition coefficient (Wildman–Crippen LogP) is 5.08. The molecule has 0 saturated heterocycles. The Morgan fingerprint density at radius 2 is 2.11 bits per heavy atom. The van der Waals surface area contributed by atoms with E-state index in [1.165, 1.54) is 40.6 Å². The van der Waals surface area contributed by atoms with Crippen LogP contribution in [0, 0.1) is 6.92 Å². The number of benzene rings is 1. The second kappa shape index (κ2) is 3.72. The molecular formula is C16H15NS. The van der Waals surface area contributed by atoms with Crippen molar-refractivity contribution in [3.63, 3.8) is 0 Å². The van der Waals surface area contributed by atoms with Gasteiger partial charge in [-0.2, -0.15) is 11.3 Å². The molecule has 0 radical (unpaired) electrons. The molecule has 1 aliphatic carbocycles. The van der Waals surface area contributed by atoms with E-state index in [1.54, 1.807) is 16.9 Å². The predicted molar refractivity (Wildman–Crippen MR) is 78.3 cm³/mol. The first kappa shape index (κ1) is 10.4. The maximum absolute atomic E-state index is 3.55. The van der Waals surface area contributed by atoms with Gasteiger partial charge in [-0.3, -0.25) is 0 Å². The van der Waals surface area contributed by atoms with Crippen LogP contribution in [0.15, 0.2) is 35.0 Å². The van der Waals surface area contributed by atoms with Crippen LogP contribution in [0.3, 0.4) is 0 Å². The maximum Gasteiger partial charge on any atom is 0.0473 e. The highest BCUT2D eigenvalue weighted by atomic mass is 32.1. The van der Waals surface area contributed by atoms with Crippen LogP contribution >= 0.6 is 11.3 Å². The molecule has 1 saturated carbocycles. The summed E-state index contributed by atoms with van der Waals surface area (Å²) in [6.45, 7) is 2.24. The van der Waals surface area contributed by atoms with Gasteiger partial charge in [-0.1, -0.05) is 0 Å². The SMILES string of the molecule is Cc1cc2cc(-c3ccsc3)[nH]c2cc1C1CC1. The maximum atomic E-state index is 3.55. The van der Waals surface area contributed by atoms with Gasteiger partial charge in [-0.15, -0.1) is 0 Å². The molecule has 90 valence electrons. The lowest BCUT2D eigenvalue weighted by atomic mass is 10.0. The summed E-state index contributed by atoms with van der Waals surface area (Å²) < 4.78 is 0. The molecule has 1 aliphatic rings. The number of aryl methyl sites for hydroxylation is 1. The Kier molecular flexibility index (Phi) is 2.15. The molecule has 0 bridgehead atoms. The van der Waals surface area contributed by atoms with Crippen molar-refractivity contribution in [2.75, 3.05) is 0 Å². The first-order chi connectivity index (χ1) is 8.81.